The summed E-state index contributed by atoms with van der Waals surface area (Å²) in [4.78, 5) is 13.4. The smallest absolute Gasteiger partial charge is 0.226 e. The quantitative estimate of drug-likeness (QED) is 0.810. The number of carbonyl (C=O) groups is 1. The summed E-state index contributed by atoms with van der Waals surface area (Å²) in [5.74, 6) is 0.801. The van der Waals surface area contributed by atoms with Gasteiger partial charge in [0, 0.05) is 31.6 Å². The molecule has 0 bridgehead atoms. The van der Waals surface area contributed by atoms with Gasteiger partial charge in [-0.15, -0.1) is 0 Å². The second kappa shape index (κ2) is 4.98. The molecule has 0 aliphatic carbocycles. The Morgan fingerprint density at radius 1 is 1.67 bits per heavy atom. The summed E-state index contributed by atoms with van der Waals surface area (Å²) in [5.41, 5.74) is 6.49. The van der Waals surface area contributed by atoms with Gasteiger partial charge in [0.15, 0.2) is 0 Å². The predicted molar refractivity (Wildman–Crippen MR) is 58.1 cm³/mol. The van der Waals surface area contributed by atoms with Crippen molar-refractivity contribution in [3.63, 3.8) is 0 Å². The number of aryl methyl sites for hydroxylation is 1. The molecule has 0 fully saturated rings. The Labute approximate surface area is 90.0 Å². The Morgan fingerprint density at radius 2 is 2.33 bits per heavy atom. The van der Waals surface area contributed by atoms with Crippen molar-refractivity contribution in [3.8, 4) is 0 Å². The third kappa shape index (κ3) is 2.83. The van der Waals surface area contributed by atoms with Crippen LogP contribution in [0.1, 0.15) is 18.2 Å². The van der Waals surface area contributed by atoms with Gasteiger partial charge in [-0.25, -0.2) is 0 Å². The molecule has 0 saturated carbocycles. The van der Waals surface area contributed by atoms with Gasteiger partial charge in [0.25, 0.3) is 0 Å². The molecule has 1 atom stereocenters. The van der Waals surface area contributed by atoms with Gasteiger partial charge in [-0.05, 0) is 13.0 Å². The van der Waals surface area contributed by atoms with Crippen molar-refractivity contribution < 1.29 is 9.21 Å². The zero-order valence-electron chi connectivity index (χ0n) is 9.49. The van der Waals surface area contributed by atoms with Crippen LogP contribution >= 0.6 is 0 Å². The maximum Gasteiger partial charge on any atom is 0.226 e. The molecule has 0 aromatic carbocycles. The number of nitrogens with two attached hydrogens (primary N) is 1. The minimum absolute atomic E-state index is 0.0677. The van der Waals surface area contributed by atoms with Crippen LogP contribution in [0.25, 0.3) is 0 Å². The Morgan fingerprint density at radius 3 is 2.80 bits per heavy atom. The van der Waals surface area contributed by atoms with Gasteiger partial charge in [0.05, 0.1) is 6.26 Å². The molecule has 4 nitrogen and oxygen atoms in total. The first-order valence-electron chi connectivity index (χ1n) is 5.04. The number of carbonyl (C=O) groups excluding carboxylic acids is 1. The highest BCUT2D eigenvalue weighted by Crippen LogP contribution is 2.12. The number of hydrogen-bond acceptors (Lipinski definition) is 3. The first-order chi connectivity index (χ1) is 7.06. The molecule has 0 aliphatic rings. The summed E-state index contributed by atoms with van der Waals surface area (Å²) in [6, 6.07) is 1.88. The third-order valence-corrected chi connectivity index (χ3v) is 2.53. The lowest BCUT2D eigenvalue weighted by Gasteiger charge is -2.20. The van der Waals surface area contributed by atoms with E-state index in [0.29, 0.717) is 13.1 Å². The molecule has 1 rings (SSSR count). The van der Waals surface area contributed by atoms with Crippen LogP contribution in [0, 0.1) is 12.8 Å². The maximum absolute atomic E-state index is 11.7. The Hall–Kier alpha value is -1.29. The van der Waals surface area contributed by atoms with Crippen LogP contribution in [0.5, 0.6) is 0 Å². The summed E-state index contributed by atoms with van der Waals surface area (Å²) in [7, 11) is 1.78. The van der Waals surface area contributed by atoms with Crippen molar-refractivity contribution in [2.75, 3.05) is 13.6 Å². The Balaban J connectivity index is 2.60. The largest absolute Gasteiger partial charge is 0.469 e. The minimum atomic E-state index is -0.123. The maximum atomic E-state index is 11.7. The normalized spacial score (nSPS) is 12.5. The number of hydrogen-bond donors (Lipinski definition) is 1. The van der Waals surface area contributed by atoms with Crippen molar-refractivity contribution in [1.82, 2.24) is 4.90 Å². The van der Waals surface area contributed by atoms with Crippen LogP contribution in [0.4, 0.5) is 0 Å². The van der Waals surface area contributed by atoms with Crippen molar-refractivity contribution in [1.29, 1.82) is 0 Å². The van der Waals surface area contributed by atoms with Crippen LogP contribution in [0.15, 0.2) is 16.7 Å². The van der Waals surface area contributed by atoms with Crippen molar-refractivity contribution >= 4 is 5.91 Å². The fraction of sp³-hybridized carbons (Fsp3) is 0.545. The topological polar surface area (TPSA) is 59.5 Å². The average molecular weight is 210 g/mol. The fourth-order valence-electron chi connectivity index (χ4n) is 1.39. The Kier molecular flexibility index (Phi) is 3.91. The van der Waals surface area contributed by atoms with Crippen LogP contribution in [0.2, 0.25) is 0 Å². The second-order valence-electron chi connectivity index (χ2n) is 3.83. The molecule has 1 unspecified atom stereocenters. The van der Waals surface area contributed by atoms with E-state index in [2.05, 4.69) is 0 Å². The van der Waals surface area contributed by atoms with Gasteiger partial charge in [0.2, 0.25) is 5.91 Å². The first-order valence-corrected chi connectivity index (χ1v) is 5.04. The summed E-state index contributed by atoms with van der Waals surface area (Å²) in [6.45, 7) is 4.68. The SMILES string of the molecule is Cc1occc1CN(C)C(=O)C(C)CN. The van der Waals surface area contributed by atoms with Crippen LogP contribution < -0.4 is 5.73 Å². The number of nitrogens with zero attached hydrogens (tertiary/aromatic N) is 1. The summed E-state index contributed by atoms with van der Waals surface area (Å²) in [5, 5.41) is 0. The molecule has 0 radical (unpaired) electrons. The molecule has 2 N–H and O–H groups in total. The zero-order valence-corrected chi connectivity index (χ0v) is 9.49. The Bertz CT molecular complexity index is 333. The van der Waals surface area contributed by atoms with Gasteiger partial charge >= 0.3 is 0 Å². The van der Waals surface area contributed by atoms with E-state index < -0.39 is 0 Å². The van der Waals surface area contributed by atoms with E-state index in [4.69, 9.17) is 10.2 Å². The van der Waals surface area contributed by atoms with E-state index in [1.54, 1.807) is 18.2 Å². The highest BCUT2D eigenvalue weighted by atomic mass is 16.3. The molecule has 84 valence electrons. The molecule has 4 heteroatoms. The lowest BCUT2D eigenvalue weighted by molar-refractivity contribution is -0.133. The number of rotatable bonds is 4. The van der Waals surface area contributed by atoms with Crippen LogP contribution in [0.3, 0.4) is 0 Å². The average Bonchev–Trinajstić information content (AvgIpc) is 2.62. The molecule has 15 heavy (non-hydrogen) atoms. The van der Waals surface area contributed by atoms with E-state index in [1.165, 1.54) is 0 Å². The molecule has 1 aromatic heterocycles. The highest BCUT2D eigenvalue weighted by molar-refractivity contribution is 5.78. The predicted octanol–water partition coefficient (Wildman–Crippen LogP) is 1.14. The monoisotopic (exact) mass is 210 g/mol. The van der Waals surface area contributed by atoms with E-state index >= 15 is 0 Å². The van der Waals surface area contributed by atoms with Gasteiger partial charge in [-0.2, -0.15) is 0 Å². The van der Waals surface area contributed by atoms with Gasteiger partial charge in [0.1, 0.15) is 5.76 Å². The highest BCUT2D eigenvalue weighted by Gasteiger charge is 2.16. The van der Waals surface area contributed by atoms with E-state index in [0.717, 1.165) is 11.3 Å². The van der Waals surface area contributed by atoms with Gasteiger partial charge in [-0.1, -0.05) is 6.92 Å². The summed E-state index contributed by atoms with van der Waals surface area (Å²) < 4.78 is 5.17. The van der Waals surface area contributed by atoms with Gasteiger partial charge < -0.3 is 15.1 Å². The second-order valence-corrected chi connectivity index (χ2v) is 3.83. The number of furan rings is 1. The first kappa shape index (κ1) is 11.8. The van der Waals surface area contributed by atoms with E-state index in [-0.39, 0.29) is 11.8 Å². The van der Waals surface area contributed by atoms with Crippen LogP contribution in [-0.4, -0.2) is 24.4 Å². The molecule has 1 aromatic rings. The van der Waals surface area contributed by atoms with E-state index in [1.807, 2.05) is 19.9 Å². The molecule has 1 heterocycles. The summed E-state index contributed by atoms with van der Waals surface area (Å²) in [6.07, 6.45) is 1.63. The minimum Gasteiger partial charge on any atom is -0.469 e. The van der Waals surface area contributed by atoms with Crippen LogP contribution in [-0.2, 0) is 11.3 Å². The van der Waals surface area contributed by atoms with Gasteiger partial charge in [-0.3, -0.25) is 4.79 Å². The molecule has 0 spiro atoms. The molecular weight excluding hydrogens is 192 g/mol. The fourth-order valence-corrected chi connectivity index (χ4v) is 1.39. The molecule has 0 aliphatic heterocycles. The molecular formula is C11H18N2O2. The van der Waals surface area contributed by atoms with Crippen molar-refractivity contribution in [3.05, 3.63) is 23.7 Å². The molecule has 1 amide bonds. The lowest BCUT2D eigenvalue weighted by atomic mass is 10.1. The van der Waals surface area contributed by atoms with E-state index in [9.17, 15) is 4.79 Å². The van der Waals surface area contributed by atoms with Crippen molar-refractivity contribution in [2.24, 2.45) is 11.7 Å². The summed E-state index contributed by atoms with van der Waals surface area (Å²) >= 11 is 0. The zero-order chi connectivity index (χ0) is 11.4. The van der Waals surface area contributed by atoms with Crippen molar-refractivity contribution in [2.45, 2.75) is 20.4 Å². The standard InChI is InChI=1S/C11H18N2O2/c1-8(6-12)11(14)13(3)7-10-4-5-15-9(10)2/h4-5,8H,6-7,12H2,1-3H3. The third-order valence-electron chi connectivity index (χ3n) is 2.53. The lowest BCUT2D eigenvalue weighted by Crippen LogP contribution is -2.34. The number of amides is 1. The molecule has 0 saturated heterocycles.